The zero-order valence-corrected chi connectivity index (χ0v) is 9.90. The number of methoxy groups -OCH3 is 1. The maximum atomic E-state index is 11.2. The zero-order valence-electron chi connectivity index (χ0n) is 9.90. The molecule has 0 aromatic heterocycles. The molecule has 0 aliphatic carbocycles. The van der Waals surface area contributed by atoms with Crippen molar-refractivity contribution in [2.24, 2.45) is 0 Å². The summed E-state index contributed by atoms with van der Waals surface area (Å²) in [5.74, 6) is -0.506. The second-order valence-corrected chi connectivity index (χ2v) is 3.34. The summed E-state index contributed by atoms with van der Waals surface area (Å²) < 4.78 is 4.59. The number of esters is 1. The van der Waals surface area contributed by atoms with Gasteiger partial charge in [-0.2, -0.15) is 0 Å². The van der Waals surface area contributed by atoms with Crippen molar-refractivity contribution in [2.75, 3.05) is 13.7 Å². The van der Waals surface area contributed by atoms with Crippen LogP contribution in [-0.4, -0.2) is 25.5 Å². The van der Waals surface area contributed by atoms with E-state index in [1.165, 1.54) is 13.2 Å². The molecular formula is C13H15NO3. The third kappa shape index (κ3) is 4.10. The molecule has 0 saturated carbocycles. The Hall–Kier alpha value is -2.10. The van der Waals surface area contributed by atoms with Gasteiger partial charge in [-0.15, -0.1) is 0 Å². The molecule has 17 heavy (non-hydrogen) atoms. The Kier molecular flexibility index (Phi) is 4.94. The third-order valence-corrected chi connectivity index (χ3v) is 2.11. The summed E-state index contributed by atoms with van der Waals surface area (Å²) in [6.45, 7) is 2.46. The van der Waals surface area contributed by atoms with E-state index >= 15 is 0 Å². The van der Waals surface area contributed by atoms with Crippen LogP contribution in [0.5, 0.6) is 0 Å². The van der Waals surface area contributed by atoms with Crippen LogP contribution in [0.25, 0.3) is 6.08 Å². The fourth-order valence-electron chi connectivity index (χ4n) is 1.25. The van der Waals surface area contributed by atoms with Gasteiger partial charge >= 0.3 is 5.97 Å². The van der Waals surface area contributed by atoms with E-state index in [9.17, 15) is 9.59 Å². The van der Waals surface area contributed by atoms with E-state index in [2.05, 4.69) is 10.1 Å². The fourth-order valence-corrected chi connectivity index (χ4v) is 1.25. The lowest BCUT2D eigenvalue weighted by Crippen LogP contribution is -2.19. The van der Waals surface area contributed by atoms with Crippen LogP contribution in [0.2, 0.25) is 0 Å². The topological polar surface area (TPSA) is 55.4 Å². The van der Waals surface area contributed by atoms with E-state index in [1.807, 2.05) is 6.92 Å². The molecule has 0 fully saturated rings. The minimum absolute atomic E-state index is 0.135. The van der Waals surface area contributed by atoms with Crippen molar-refractivity contribution in [1.82, 2.24) is 5.32 Å². The molecule has 4 nitrogen and oxygen atoms in total. The molecule has 0 atom stereocenters. The Morgan fingerprint density at radius 1 is 1.29 bits per heavy atom. The van der Waals surface area contributed by atoms with E-state index < -0.39 is 0 Å². The van der Waals surface area contributed by atoms with Gasteiger partial charge in [-0.3, -0.25) is 4.79 Å². The van der Waals surface area contributed by atoms with Crippen LogP contribution in [0.3, 0.4) is 0 Å². The van der Waals surface area contributed by atoms with Crippen LogP contribution in [-0.2, 0) is 9.53 Å². The number of ether oxygens (including phenoxy) is 1. The van der Waals surface area contributed by atoms with Crippen LogP contribution in [0, 0.1) is 0 Å². The monoisotopic (exact) mass is 233 g/mol. The van der Waals surface area contributed by atoms with Crippen molar-refractivity contribution >= 4 is 18.0 Å². The maximum absolute atomic E-state index is 11.2. The highest BCUT2D eigenvalue weighted by Crippen LogP contribution is 2.07. The number of benzene rings is 1. The van der Waals surface area contributed by atoms with Crippen LogP contribution in [0.15, 0.2) is 30.3 Å². The van der Waals surface area contributed by atoms with Gasteiger partial charge < -0.3 is 10.1 Å². The Morgan fingerprint density at radius 3 is 2.47 bits per heavy atom. The Balaban J connectivity index is 2.68. The highest BCUT2D eigenvalue weighted by atomic mass is 16.5. The summed E-state index contributed by atoms with van der Waals surface area (Å²) in [6, 6.07) is 6.82. The van der Waals surface area contributed by atoms with Gasteiger partial charge in [0.2, 0.25) is 5.91 Å². The molecule has 0 aliphatic heterocycles. The zero-order chi connectivity index (χ0) is 12.7. The predicted octanol–water partition coefficient (Wildman–Crippen LogP) is 1.62. The number of hydrogen-bond acceptors (Lipinski definition) is 3. The van der Waals surface area contributed by atoms with E-state index in [0.717, 1.165) is 5.56 Å². The van der Waals surface area contributed by atoms with Crippen molar-refractivity contribution in [3.05, 3.63) is 41.5 Å². The van der Waals surface area contributed by atoms with Gasteiger partial charge in [0.25, 0.3) is 0 Å². The number of likely N-dealkylation sites (N-methyl/N-ethyl adjacent to an activating group) is 1. The lowest BCUT2D eigenvalue weighted by molar-refractivity contribution is -0.116. The van der Waals surface area contributed by atoms with Crippen LogP contribution in [0.4, 0.5) is 0 Å². The SMILES string of the molecule is CCNC(=O)C=Cc1ccc(C(=O)OC)cc1. The van der Waals surface area contributed by atoms with Crippen molar-refractivity contribution in [3.8, 4) is 0 Å². The molecule has 1 amide bonds. The van der Waals surface area contributed by atoms with Crippen molar-refractivity contribution in [2.45, 2.75) is 6.92 Å². The number of carbonyl (C=O) groups is 2. The lowest BCUT2D eigenvalue weighted by Gasteiger charge is -1.99. The van der Waals surface area contributed by atoms with Crippen molar-refractivity contribution in [1.29, 1.82) is 0 Å². The molecule has 0 spiro atoms. The first-order chi connectivity index (χ1) is 8.17. The first kappa shape index (κ1) is 13.0. The molecule has 0 radical (unpaired) electrons. The van der Waals surface area contributed by atoms with Gasteiger partial charge in [-0.05, 0) is 30.7 Å². The van der Waals surface area contributed by atoms with Gasteiger partial charge in [-0.1, -0.05) is 12.1 Å². The van der Waals surface area contributed by atoms with Crippen LogP contribution >= 0.6 is 0 Å². The second kappa shape index (κ2) is 6.48. The molecule has 1 rings (SSSR count). The Labute approximate surface area is 100 Å². The van der Waals surface area contributed by atoms with E-state index in [1.54, 1.807) is 30.3 Å². The molecule has 0 unspecified atom stereocenters. The lowest BCUT2D eigenvalue weighted by atomic mass is 10.1. The summed E-state index contributed by atoms with van der Waals surface area (Å²) >= 11 is 0. The molecule has 0 saturated heterocycles. The minimum Gasteiger partial charge on any atom is -0.465 e. The number of nitrogens with one attached hydrogen (secondary N) is 1. The average Bonchev–Trinajstić information content (AvgIpc) is 2.36. The largest absolute Gasteiger partial charge is 0.465 e. The van der Waals surface area contributed by atoms with Gasteiger partial charge in [-0.25, -0.2) is 4.79 Å². The summed E-state index contributed by atoms with van der Waals surface area (Å²) in [5.41, 5.74) is 1.34. The first-order valence-corrected chi connectivity index (χ1v) is 5.31. The molecule has 1 aromatic rings. The fraction of sp³-hybridized carbons (Fsp3) is 0.231. The van der Waals surface area contributed by atoms with Gasteiger partial charge in [0.05, 0.1) is 12.7 Å². The normalized spacial score (nSPS) is 10.2. The highest BCUT2D eigenvalue weighted by molar-refractivity contribution is 5.92. The first-order valence-electron chi connectivity index (χ1n) is 5.31. The van der Waals surface area contributed by atoms with Gasteiger partial charge in [0, 0.05) is 12.6 Å². The maximum Gasteiger partial charge on any atom is 0.337 e. The van der Waals surface area contributed by atoms with Crippen molar-refractivity contribution < 1.29 is 14.3 Å². The summed E-state index contributed by atoms with van der Waals surface area (Å²) in [4.78, 5) is 22.3. The predicted molar refractivity (Wildman–Crippen MR) is 65.5 cm³/mol. The molecular weight excluding hydrogens is 218 g/mol. The van der Waals surface area contributed by atoms with E-state index in [-0.39, 0.29) is 11.9 Å². The smallest absolute Gasteiger partial charge is 0.337 e. The number of carbonyl (C=O) groups excluding carboxylic acids is 2. The van der Waals surface area contributed by atoms with Crippen molar-refractivity contribution in [3.63, 3.8) is 0 Å². The Bertz CT molecular complexity index is 421. The number of amides is 1. The molecule has 1 N–H and O–H groups in total. The summed E-state index contributed by atoms with van der Waals surface area (Å²) in [5, 5.41) is 2.65. The molecule has 90 valence electrons. The standard InChI is InChI=1S/C13H15NO3/c1-3-14-12(15)9-6-10-4-7-11(8-5-10)13(16)17-2/h4-9H,3H2,1-2H3,(H,14,15). The summed E-state index contributed by atoms with van der Waals surface area (Å²) in [6.07, 6.45) is 3.14. The molecule has 0 bridgehead atoms. The number of rotatable bonds is 4. The average molecular weight is 233 g/mol. The van der Waals surface area contributed by atoms with E-state index in [4.69, 9.17) is 0 Å². The van der Waals surface area contributed by atoms with Crippen LogP contribution < -0.4 is 5.32 Å². The third-order valence-electron chi connectivity index (χ3n) is 2.11. The quantitative estimate of drug-likeness (QED) is 0.635. The number of hydrogen-bond donors (Lipinski definition) is 1. The molecule has 4 heteroatoms. The molecule has 0 heterocycles. The summed E-state index contributed by atoms with van der Waals surface area (Å²) in [7, 11) is 1.34. The van der Waals surface area contributed by atoms with E-state index in [0.29, 0.717) is 12.1 Å². The van der Waals surface area contributed by atoms with Crippen LogP contribution in [0.1, 0.15) is 22.8 Å². The molecule has 1 aromatic carbocycles. The van der Waals surface area contributed by atoms with Gasteiger partial charge in [0.1, 0.15) is 0 Å². The second-order valence-electron chi connectivity index (χ2n) is 3.34. The van der Waals surface area contributed by atoms with Gasteiger partial charge in [0.15, 0.2) is 0 Å². The Morgan fingerprint density at radius 2 is 1.94 bits per heavy atom. The highest BCUT2D eigenvalue weighted by Gasteiger charge is 2.03. The minimum atomic E-state index is -0.371. The molecule has 0 aliphatic rings.